The van der Waals surface area contributed by atoms with Gasteiger partial charge in [0, 0.05) is 16.7 Å². The Morgan fingerprint density at radius 1 is 1.13 bits per heavy atom. The van der Waals surface area contributed by atoms with E-state index in [1.54, 1.807) is 23.1 Å². The smallest absolute Gasteiger partial charge is 0.407 e. The summed E-state index contributed by atoms with van der Waals surface area (Å²) in [4.78, 5) is 34.3. The number of amides is 2. The molecular weight excluding hydrogens is 739 g/mol. The number of halogens is 6. The zero-order chi connectivity index (χ0) is 38.8. The third-order valence-electron chi connectivity index (χ3n) is 10.1. The van der Waals surface area contributed by atoms with Crippen molar-refractivity contribution in [2.75, 3.05) is 6.61 Å². The summed E-state index contributed by atoms with van der Waals surface area (Å²) in [5.74, 6) is -1.83. The van der Waals surface area contributed by atoms with Gasteiger partial charge in [0.15, 0.2) is 11.8 Å². The van der Waals surface area contributed by atoms with Crippen molar-refractivity contribution >= 4 is 29.6 Å². The Morgan fingerprint density at radius 2 is 1.83 bits per heavy atom. The van der Waals surface area contributed by atoms with E-state index in [0.29, 0.717) is 28.8 Å². The zero-order valence-electron chi connectivity index (χ0n) is 29.3. The number of alkyl carbamates (subject to hydrolysis) is 1. The number of guanidine groups is 1. The number of ether oxygens (including phenoxy) is 1. The second-order valence-corrected chi connectivity index (χ2v) is 15.2. The van der Waals surface area contributed by atoms with Crippen LogP contribution in [0, 0.1) is 10.8 Å². The van der Waals surface area contributed by atoms with Crippen LogP contribution in [0.15, 0.2) is 55.0 Å². The summed E-state index contributed by atoms with van der Waals surface area (Å²) in [5.41, 5.74) is -3.64. The van der Waals surface area contributed by atoms with Gasteiger partial charge in [-0.2, -0.15) is 46.7 Å². The molecule has 3 heterocycles. The number of carbonyl (C=O) groups is 2. The van der Waals surface area contributed by atoms with Crippen molar-refractivity contribution in [3.8, 4) is 22.6 Å². The van der Waals surface area contributed by atoms with E-state index >= 15 is 0 Å². The number of hydrogen-bond donors (Lipinski definition) is 3. The number of nitrogens with one attached hydrogen (secondary N) is 3. The summed E-state index contributed by atoms with van der Waals surface area (Å²) in [6.07, 6.45) is -0.557. The molecule has 2 atom stereocenters. The number of alkyl halides is 5. The second kappa shape index (κ2) is 13.3. The average Bonchev–Trinajstić information content (AvgIpc) is 3.93. The standard InChI is InChI=1S/C35H36ClF5N10O3/c1-32(2,35(39,40)41)17-34(21-7-4-19(5-8-21)25-15-44-51(48-25)22-9-10-22)28(52)49(30(42)46-34)26(16-54-31(53)47-33(3)12-13-33)20-6-11-24(36)23(14-20)27-43-18-45-50(27)29(37)38/h4-8,11,14-15,18,22,26,29H,9-10,12-13,16-17H2,1-3H3,(H2,42,46)(H,47,53)/t26-,34-/m1/s1. The third-order valence-corrected chi connectivity index (χ3v) is 10.5. The quantitative estimate of drug-likeness (QED) is 0.128. The predicted molar refractivity (Wildman–Crippen MR) is 184 cm³/mol. The van der Waals surface area contributed by atoms with Crippen LogP contribution < -0.4 is 10.6 Å². The Balaban J connectivity index is 1.29. The molecule has 54 heavy (non-hydrogen) atoms. The van der Waals surface area contributed by atoms with Crippen LogP contribution in [0.4, 0.5) is 26.7 Å². The van der Waals surface area contributed by atoms with Crippen LogP contribution in [0.3, 0.4) is 0 Å². The maximum absolute atomic E-state index is 14.9. The maximum Gasteiger partial charge on any atom is 0.407 e. The second-order valence-electron chi connectivity index (χ2n) is 14.8. The van der Waals surface area contributed by atoms with Crippen LogP contribution in [-0.4, -0.2) is 70.9 Å². The lowest BCUT2D eigenvalue weighted by atomic mass is 9.74. The predicted octanol–water partition coefficient (Wildman–Crippen LogP) is 7.15. The van der Waals surface area contributed by atoms with Gasteiger partial charge in [0.25, 0.3) is 5.91 Å². The van der Waals surface area contributed by atoms with Gasteiger partial charge in [-0.05, 0) is 62.3 Å². The minimum atomic E-state index is -4.76. The Bertz CT molecular complexity index is 2090. The van der Waals surface area contributed by atoms with Crippen LogP contribution in [0.25, 0.3) is 22.6 Å². The minimum Gasteiger partial charge on any atom is -0.447 e. The van der Waals surface area contributed by atoms with Crippen molar-refractivity contribution in [3.63, 3.8) is 0 Å². The summed E-state index contributed by atoms with van der Waals surface area (Å²) < 4.78 is 77.3. The molecule has 3 N–H and O–H groups in total. The van der Waals surface area contributed by atoms with E-state index in [4.69, 9.17) is 21.7 Å². The van der Waals surface area contributed by atoms with E-state index in [-0.39, 0.29) is 33.6 Å². The fraction of sp³-hybridized carbons (Fsp3) is 0.457. The van der Waals surface area contributed by atoms with E-state index in [0.717, 1.165) is 37.9 Å². The first-order chi connectivity index (χ1) is 25.4. The summed E-state index contributed by atoms with van der Waals surface area (Å²) >= 11 is 6.44. The molecule has 1 saturated heterocycles. The lowest BCUT2D eigenvalue weighted by molar-refractivity contribution is -0.218. The molecular formula is C35H36ClF5N10O3. The van der Waals surface area contributed by atoms with Crippen LogP contribution in [0.5, 0.6) is 0 Å². The van der Waals surface area contributed by atoms with Crippen molar-refractivity contribution in [2.24, 2.45) is 5.41 Å². The Morgan fingerprint density at radius 3 is 2.46 bits per heavy atom. The van der Waals surface area contributed by atoms with Crippen molar-refractivity contribution in [1.29, 1.82) is 5.41 Å². The average molecular weight is 775 g/mol. The van der Waals surface area contributed by atoms with Crippen molar-refractivity contribution in [3.05, 3.63) is 71.1 Å². The van der Waals surface area contributed by atoms with Crippen molar-refractivity contribution in [1.82, 2.24) is 45.3 Å². The molecule has 3 aliphatic rings. The molecule has 2 amide bonds. The topological polar surface area (TPSA) is 156 Å². The third kappa shape index (κ3) is 6.98. The molecule has 2 saturated carbocycles. The normalized spacial score (nSPS) is 20.3. The zero-order valence-corrected chi connectivity index (χ0v) is 30.0. The molecule has 2 aliphatic carbocycles. The molecule has 286 valence electrons. The van der Waals surface area contributed by atoms with E-state index < -0.39 is 66.2 Å². The molecule has 3 fully saturated rings. The van der Waals surface area contributed by atoms with Gasteiger partial charge in [0.2, 0.25) is 0 Å². The number of benzene rings is 2. The minimum absolute atomic E-state index is 0.00722. The highest BCUT2D eigenvalue weighted by atomic mass is 35.5. The number of rotatable bonds is 12. The molecule has 0 spiro atoms. The van der Waals surface area contributed by atoms with Crippen LogP contribution in [0.1, 0.15) is 82.6 Å². The van der Waals surface area contributed by atoms with E-state index in [1.807, 2.05) is 6.92 Å². The van der Waals surface area contributed by atoms with Gasteiger partial charge in [-0.25, -0.2) is 9.78 Å². The number of nitrogens with zero attached hydrogens (tertiary/aromatic N) is 7. The lowest BCUT2D eigenvalue weighted by Crippen LogP contribution is -2.50. The van der Waals surface area contributed by atoms with Crippen LogP contribution in [0.2, 0.25) is 5.02 Å². The van der Waals surface area contributed by atoms with E-state index in [1.165, 1.54) is 30.3 Å². The first kappa shape index (κ1) is 37.2. The molecule has 4 aromatic rings. The monoisotopic (exact) mass is 774 g/mol. The Kier molecular flexibility index (Phi) is 9.17. The molecule has 7 rings (SSSR count). The molecule has 0 unspecified atom stereocenters. The first-order valence-electron chi connectivity index (χ1n) is 17.1. The van der Waals surface area contributed by atoms with E-state index in [2.05, 4.69) is 30.9 Å². The first-order valence-corrected chi connectivity index (χ1v) is 17.5. The number of carbonyl (C=O) groups excluding carboxylic acids is 2. The van der Waals surface area contributed by atoms with Gasteiger partial charge in [0.05, 0.1) is 28.7 Å². The Labute approximate surface area is 310 Å². The molecule has 1 aliphatic heterocycles. The maximum atomic E-state index is 14.9. The van der Waals surface area contributed by atoms with Gasteiger partial charge < -0.3 is 15.4 Å². The largest absolute Gasteiger partial charge is 0.447 e. The molecule has 19 heteroatoms. The fourth-order valence-electron chi connectivity index (χ4n) is 6.49. The van der Waals surface area contributed by atoms with Gasteiger partial charge in [-0.1, -0.05) is 55.8 Å². The van der Waals surface area contributed by atoms with E-state index in [9.17, 15) is 31.5 Å². The SMILES string of the molecule is CC1(NC(=O)OC[C@H](c2ccc(Cl)c(-c3ncnn3C(F)F)c2)N2C(=N)N[C@](CC(C)(C)C(F)(F)F)(c3ccc(-c4cnn(C5CC5)n4)cc3)C2=O)CC1. The summed E-state index contributed by atoms with van der Waals surface area (Å²) in [6, 6.07) is 9.26. The van der Waals surface area contributed by atoms with Crippen molar-refractivity contribution in [2.45, 2.75) is 88.8 Å². The van der Waals surface area contributed by atoms with Crippen LogP contribution in [-0.2, 0) is 15.1 Å². The Hall–Kier alpha value is -5.13. The fourth-order valence-corrected chi connectivity index (χ4v) is 6.69. The molecule has 13 nitrogen and oxygen atoms in total. The van der Waals surface area contributed by atoms with Crippen LogP contribution >= 0.6 is 11.6 Å². The summed E-state index contributed by atoms with van der Waals surface area (Å²) in [5, 5.41) is 26.9. The molecule has 0 radical (unpaired) electrons. The summed E-state index contributed by atoms with van der Waals surface area (Å²) in [6.45, 7) is 0.0928. The highest BCUT2D eigenvalue weighted by Crippen LogP contribution is 2.49. The number of aromatic nitrogens is 6. The summed E-state index contributed by atoms with van der Waals surface area (Å²) in [7, 11) is 0. The molecule has 2 aromatic carbocycles. The lowest BCUT2D eigenvalue weighted by Gasteiger charge is -2.37. The number of hydrogen-bond acceptors (Lipinski definition) is 8. The van der Waals surface area contributed by atoms with Crippen molar-refractivity contribution < 1.29 is 36.3 Å². The molecule has 2 aromatic heterocycles. The highest BCUT2D eigenvalue weighted by molar-refractivity contribution is 6.33. The van der Waals surface area contributed by atoms with Gasteiger partial charge in [-0.15, -0.1) is 0 Å². The highest BCUT2D eigenvalue weighted by Gasteiger charge is 2.60. The molecule has 0 bridgehead atoms. The van der Waals surface area contributed by atoms with Gasteiger partial charge in [-0.3, -0.25) is 15.1 Å². The van der Waals surface area contributed by atoms with Gasteiger partial charge in [0.1, 0.15) is 24.2 Å². The van der Waals surface area contributed by atoms with Gasteiger partial charge >= 0.3 is 18.8 Å².